The minimum Gasteiger partial charge on any atom is -0.507 e. The van der Waals surface area contributed by atoms with Gasteiger partial charge in [-0.05, 0) is 50.7 Å². The van der Waals surface area contributed by atoms with E-state index in [9.17, 15) is 28.2 Å². The molecule has 156 valence electrons. The zero-order valence-electron chi connectivity index (χ0n) is 16.2. The van der Waals surface area contributed by atoms with Crippen molar-refractivity contribution in [3.05, 3.63) is 34.4 Å². The second-order valence-corrected chi connectivity index (χ2v) is 7.35. The second-order valence-electron chi connectivity index (χ2n) is 7.35. The van der Waals surface area contributed by atoms with Gasteiger partial charge < -0.3 is 14.9 Å². The molecular formula is C21H27F3O4. The number of alkyl halides is 3. The molecule has 1 aliphatic rings. The van der Waals surface area contributed by atoms with E-state index in [1.165, 1.54) is 6.07 Å². The maximum Gasteiger partial charge on any atom is 0.422 e. The van der Waals surface area contributed by atoms with Crippen molar-refractivity contribution in [1.82, 2.24) is 0 Å². The molecule has 0 radical (unpaired) electrons. The molecule has 0 spiro atoms. The Labute approximate surface area is 163 Å². The Morgan fingerprint density at radius 2 is 2.00 bits per heavy atom. The highest BCUT2D eigenvalue weighted by atomic mass is 19.4. The number of hydrogen-bond acceptors (Lipinski definition) is 4. The lowest BCUT2D eigenvalue weighted by molar-refractivity contribution is -0.161. The third-order valence-electron chi connectivity index (χ3n) is 4.96. The number of phenolic OH excluding ortho intramolecular Hbond substituents is 2. The molecule has 1 atom stereocenters. The first-order chi connectivity index (χ1) is 13.1. The van der Waals surface area contributed by atoms with Gasteiger partial charge in [-0.1, -0.05) is 31.4 Å². The second kappa shape index (κ2) is 9.34. The number of ether oxygens (including phenoxy) is 1. The van der Waals surface area contributed by atoms with Gasteiger partial charge in [0.1, 0.15) is 17.1 Å². The van der Waals surface area contributed by atoms with Crippen LogP contribution < -0.4 is 0 Å². The number of benzene rings is 1. The smallest absolute Gasteiger partial charge is 0.422 e. The molecule has 0 fully saturated rings. The molecule has 0 aromatic heterocycles. The standard InChI is InChI=1S/C21H27F3O4/c1-3-4-5-8-15-11-16(25)17(14-9-6-7-13(2)10-14)19(26)18(15)20(27)28-12-21(22,23)24/h10-11,14,25-26H,3-9,12H2,1-2H3. The first-order valence-electron chi connectivity index (χ1n) is 9.63. The summed E-state index contributed by atoms with van der Waals surface area (Å²) in [6.45, 7) is 2.21. The van der Waals surface area contributed by atoms with Gasteiger partial charge in [0.25, 0.3) is 0 Å². The van der Waals surface area contributed by atoms with Crippen LogP contribution in [0.1, 0.15) is 79.8 Å². The predicted molar refractivity (Wildman–Crippen MR) is 99.7 cm³/mol. The third-order valence-corrected chi connectivity index (χ3v) is 4.96. The zero-order valence-corrected chi connectivity index (χ0v) is 16.2. The van der Waals surface area contributed by atoms with Crippen LogP contribution >= 0.6 is 0 Å². The fourth-order valence-corrected chi connectivity index (χ4v) is 3.64. The average molecular weight is 400 g/mol. The summed E-state index contributed by atoms with van der Waals surface area (Å²) in [4.78, 5) is 12.4. The van der Waals surface area contributed by atoms with E-state index in [2.05, 4.69) is 4.74 Å². The maximum atomic E-state index is 12.5. The number of aryl methyl sites for hydroxylation is 1. The predicted octanol–water partition coefficient (Wildman–Crippen LogP) is 5.76. The summed E-state index contributed by atoms with van der Waals surface area (Å²) in [5.41, 5.74) is 1.31. The molecular weight excluding hydrogens is 373 g/mol. The van der Waals surface area contributed by atoms with Crippen molar-refractivity contribution < 1.29 is 32.9 Å². The molecule has 0 amide bonds. The zero-order chi connectivity index (χ0) is 20.9. The minimum absolute atomic E-state index is 0.146. The summed E-state index contributed by atoms with van der Waals surface area (Å²) in [6.07, 6.45) is 2.50. The van der Waals surface area contributed by atoms with Crippen LogP contribution in [0.3, 0.4) is 0 Å². The van der Waals surface area contributed by atoms with Gasteiger partial charge in [0.2, 0.25) is 0 Å². The van der Waals surface area contributed by atoms with E-state index in [-0.39, 0.29) is 22.8 Å². The maximum absolute atomic E-state index is 12.5. The van der Waals surface area contributed by atoms with Gasteiger partial charge >= 0.3 is 12.1 Å². The van der Waals surface area contributed by atoms with E-state index in [0.717, 1.165) is 31.3 Å². The number of allylic oxidation sites excluding steroid dienone is 2. The van der Waals surface area contributed by atoms with Crippen LogP contribution in [0.25, 0.3) is 0 Å². The largest absolute Gasteiger partial charge is 0.507 e. The summed E-state index contributed by atoms with van der Waals surface area (Å²) >= 11 is 0. The Bertz CT molecular complexity index is 738. The molecule has 1 aliphatic carbocycles. The van der Waals surface area contributed by atoms with Crippen LogP contribution in [0.2, 0.25) is 0 Å². The fourth-order valence-electron chi connectivity index (χ4n) is 3.64. The first kappa shape index (κ1) is 22.1. The lowest BCUT2D eigenvalue weighted by Crippen LogP contribution is -2.21. The van der Waals surface area contributed by atoms with Crippen molar-refractivity contribution >= 4 is 5.97 Å². The van der Waals surface area contributed by atoms with Crippen molar-refractivity contribution in [2.24, 2.45) is 0 Å². The molecule has 0 bridgehead atoms. The molecule has 7 heteroatoms. The van der Waals surface area contributed by atoms with E-state index < -0.39 is 24.5 Å². The third kappa shape index (κ3) is 5.66. The number of unbranched alkanes of at least 4 members (excludes halogenated alkanes) is 2. The van der Waals surface area contributed by atoms with Gasteiger partial charge in [-0.3, -0.25) is 0 Å². The highest BCUT2D eigenvalue weighted by molar-refractivity contribution is 5.95. The molecule has 1 aromatic carbocycles. The van der Waals surface area contributed by atoms with Crippen molar-refractivity contribution in [3.8, 4) is 11.5 Å². The van der Waals surface area contributed by atoms with E-state index in [1.54, 1.807) is 0 Å². The summed E-state index contributed by atoms with van der Waals surface area (Å²) in [5, 5.41) is 21.3. The number of phenols is 2. The fraction of sp³-hybridized carbons (Fsp3) is 0.571. The highest BCUT2D eigenvalue weighted by Crippen LogP contribution is 2.44. The van der Waals surface area contributed by atoms with Gasteiger partial charge in [0, 0.05) is 11.5 Å². The Morgan fingerprint density at radius 3 is 2.61 bits per heavy atom. The number of carbonyl (C=O) groups excluding carboxylic acids is 1. The molecule has 0 aliphatic heterocycles. The normalized spacial score (nSPS) is 17.3. The quantitative estimate of drug-likeness (QED) is 0.347. The molecule has 1 aromatic rings. The van der Waals surface area contributed by atoms with Crippen LogP contribution in [0.5, 0.6) is 11.5 Å². The Hall–Kier alpha value is -2.18. The van der Waals surface area contributed by atoms with E-state index in [0.29, 0.717) is 24.8 Å². The van der Waals surface area contributed by atoms with Crippen LogP contribution in [-0.2, 0) is 11.2 Å². The average Bonchev–Trinajstić information content (AvgIpc) is 2.59. The topological polar surface area (TPSA) is 66.8 Å². The number of halogens is 3. The van der Waals surface area contributed by atoms with E-state index >= 15 is 0 Å². The van der Waals surface area contributed by atoms with Crippen LogP contribution in [0.4, 0.5) is 13.2 Å². The molecule has 28 heavy (non-hydrogen) atoms. The summed E-state index contributed by atoms with van der Waals surface area (Å²) < 4.78 is 41.8. The molecule has 2 rings (SSSR count). The van der Waals surface area contributed by atoms with Crippen molar-refractivity contribution in [1.29, 1.82) is 0 Å². The van der Waals surface area contributed by atoms with Gasteiger partial charge in [-0.15, -0.1) is 0 Å². The first-order valence-corrected chi connectivity index (χ1v) is 9.63. The van der Waals surface area contributed by atoms with Crippen molar-refractivity contribution in [2.75, 3.05) is 6.61 Å². The van der Waals surface area contributed by atoms with Crippen LogP contribution in [0, 0.1) is 0 Å². The van der Waals surface area contributed by atoms with Gasteiger partial charge in [0.05, 0.1) is 0 Å². The molecule has 0 heterocycles. The van der Waals surface area contributed by atoms with Gasteiger partial charge in [-0.25, -0.2) is 4.79 Å². The number of hydrogen-bond donors (Lipinski definition) is 2. The van der Waals surface area contributed by atoms with Gasteiger partial charge in [0.15, 0.2) is 6.61 Å². The monoisotopic (exact) mass is 400 g/mol. The minimum atomic E-state index is -4.66. The summed E-state index contributed by atoms with van der Waals surface area (Å²) in [5.74, 6) is -2.14. The number of rotatable bonds is 7. The van der Waals surface area contributed by atoms with E-state index in [4.69, 9.17) is 0 Å². The molecule has 2 N–H and O–H groups in total. The Kier molecular flexibility index (Phi) is 7.38. The summed E-state index contributed by atoms with van der Waals surface area (Å²) in [7, 11) is 0. The number of carbonyl (C=O) groups is 1. The lowest BCUT2D eigenvalue weighted by atomic mass is 9.83. The molecule has 4 nitrogen and oxygen atoms in total. The molecule has 0 saturated carbocycles. The summed E-state index contributed by atoms with van der Waals surface area (Å²) in [6, 6.07) is 1.38. The molecule has 1 unspecified atom stereocenters. The molecule has 0 saturated heterocycles. The SMILES string of the molecule is CCCCCc1cc(O)c(C2C=C(C)CCC2)c(O)c1C(=O)OCC(F)(F)F. The number of esters is 1. The van der Waals surface area contributed by atoms with Crippen molar-refractivity contribution in [3.63, 3.8) is 0 Å². The Balaban J connectivity index is 2.46. The highest BCUT2D eigenvalue weighted by Gasteiger charge is 2.33. The van der Waals surface area contributed by atoms with E-state index in [1.807, 2.05) is 19.9 Å². The van der Waals surface area contributed by atoms with Crippen LogP contribution in [0.15, 0.2) is 17.7 Å². The lowest BCUT2D eigenvalue weighted by Gasteiger charge is -2.24. The number of aromatic hydroxyl groups is 2. The van der Waals surface area contributed by atoms with Crippen molar-refractivity contribution in [2.45, 2.75) is 70.9 Å². The Morgan fingerprint density at radius 1 is 1.29 bits per heavy atom. The van der Waals surface area contributed by atoms with Crippen LogP contribution in [-0.4, -0.2) is 29.0 Å². The van der Waals surface area contributed by atoms with Gasteiger partial charge in [-0.2, -0.15) is 13.2 Å².